The third-order valence-corrected chi connectivity index (χ3v) is 4.78. The Morgan fingerprint density at radius 1 is 1.11 bits per heavy atom. The van der Waals surface area contributed by atoms with Crippen molar-refractivity contribution in [2.45, 2.75) is 18.6 Å². The molecule has 1 aromatic rings. The lowest BCUT2D eigenvalue weighted by atomic mass is 10.2. The van der Waals surface area contributed by atoms with Crippen LogP contribution in [0.15, 0.2) is 24.3 Å². The summed E-state index contributed by atoms with van der Waals surface area (Å²) in [6, 6.07) is 6.42. The van der Waals surface area contributed by atoms with Crippen molar-refractivity contribution >= 4 is 5.91 Å². The van der Waals surface area contributed by atoms with E-state index in [0.29, 0.717) is 19.1 Å². The molecule has 0 bridgehead atoms. The zero-order valence-electron chi connectivity index (χ0n) is 15.0. The Morgan fingerprint density at radius 3 is 2.44 bits per heavy atom. The van der Waals surface area contributed by atoms with E-state index in [1.165, 1.54) is 12.1 Å². The number of rotatable bonds is 6. The van der Waals surface area contributed by atoms with Crippen molar-refractivity contribution in [2.75, 3.05) is 52.5 Å². The Bertz CT molecular complexity index is 636. The van der Waals surface area contributed by atoms with Gasteiger partial charge in [-0.25, -0.2) is 0 Å². The predicted molar refractivity (Wildman–Crippen MR) is 92.9 cm³/mol. The zero-order valence-corrected chi connectivity index (χ0v) is 15.0. The fourth-order valence-corrected chi connectivity index (χ4v) is 3.39. The van der Waals surface area contributed by atoms with E-state index in [4.69, 9.17) is 9.47 Å². The highest BCUT2D eigenvalue weighted by atomic mass is 19.4. The number of amides is 1. The number of carbonyl (C=O) groups is 1. The van der Waals surface area contributed by atoms with Gasteiger partial charge in [0.05, 0.1) is 0 Å². The van der Waals surface area contributed by atoms with Crippen molar-refractivity contribution in [1.29, 1.82) is 0 Å². The third kappa shape index (κ3) is 5.74. The minimum absolute atomic E-state index is 0.0252. The molecular formula is C18H24F3N3O3. The van der Waals surface area contributed by atoms with Crippen molar-refractivity contribution in [2.24, 2.45) is 0 Å². The molecule has 2 fully saturated rings. The molecule has 150 valence electrons. The van der Waals surface area contributed by atoms with Gasteiger partial charge in [-0.2, -0.15) is 13.2 Å². The summed E-state index contributed by atoms with van der Waals surface area (Å²) in [5.74, 6) is -0.0612. The number of halogens is 3. The van der Waals surface area contributed by atoms with Crippen molar-refractivity contribution in [3.8, 4) is 11.5 Å². The number of nitrogens with one attached hydrogen (secondary N) is 1. The first-order valence-corrected chi connectivity index (χ1v) is 9.06. The molecule has 1 aromatic carbocycles. The first kappa shape index (κ1) is 19.8. The van der Waals surface area contributed by atoms with Crippen molar-refractivity contribution in [1.82, 2.24) is 15.1 Å². The Labute approximate surface area is 156 Å². The maximum Gasteiger partial charge on any atom is 0.422 e. The second-order valence-electron chi connectivity index (χ2n) is 6.71. The summed E-state index contributed by atoms with van der Waals surface area (Å²) in [5.41, 5.74) is 0. The van der Waals surface area contributed by atoms with Gasteiger partial charge in [0.25, 0.3) is 5.91 Å². The molecule has 3 rings (SSSR count). The second kappa shape index (κ2) is 8.79. The van der Waals surface area contributed by atoms with Crippen molar-refractivity contribution in [3.05, 3.63) is 24.3 Å². The number of hydrogen-bond donors (Lipinski definition) is 1. The highest BCUT2D eigenvalue weighted by Crippen LogP contribution is 2.28. The van der Waals surface area contributed by atoms with E-state index in [-0.39, 0.29) is 24.0 Å². The molecule has 2 aliphatic rings. The number of hydrogen-bond acceptors (Lipinski definition) is 5. The molecule has 0 spiro atoms. The lowest BCUT2D eigenvalue weighted by Gasteiger charge is -2.32. The van der Waals surface area contributed by atoms with Gasteiger partial charge in [-0.05, 0) is 18.6 Å². The van der Waals surface area contributed by atoms with Gasteiger partial charge in [-0.3, -0.25) is 9.69 Å². The molecule has 2 aliphatic heterocycles. The van der Waals surface area contributed by atoms with Crippen LogP contribution < -0.4 is 14.8 Å². The Hall–Kier alpha value is -2.00. The maximum atomic E-state index is 12.4. The standard InChI is InChI=1S/C18H24F3N3O3/c19-18(20,21)13-27-16-4-2-1-3-15(16)26-12-17(25)24-8-5-14(11-24)23-9-6-22-7-10-23/h1-4,14,22H,5-13H2. The summed E-state index contributed by atoms with van der Waals surface area (Å²) >= 11 is 0. The van der Waals surface area contributed by atoms with Crippen LogP contribution in [0.4, 0.5) is 13.2 Å². The molecule has 1 amide bonds. The Balaban J connectivity index is 1.49. The predicted octanol–water partition coefficient (Wildman–Crippen LogP) is 1.51. The smallest absolute Gasteiger partial charge is 0.422 e. The number of ether oxygens (including phenoxy) is 2. The lowest BCUT2D eigenvalue weighted by molar-refractivity contribution is -0.153. The summed E-state index contributed by atoms with van der Waals surface area (Å²) in [7, 11) is 0. The highest BCUT2D eigenvalue weighted by Gasteiger charge is 2.31. The summed E-state index contributed by atoms with van der Waals surface area (Å²) in [6.07, 6.45) is -3.51. The molecule has 1 N–H and O–H groups in total. The first-order valence-electron chi connectivity index (χ1n) is 9.06. The van der Waals surface area contributed by atoms with Gasteiger partial charge in [-0.1, -0.05) is 12.1 Å². The van der Waals surface area contributed by atoms with Gasteiger partial charge in [0.2, 0.25) is 0 Å². The first-order chi connectivity index (χ1) is 12.9. The van der Waals surface area contributed by atoms with E-state index in [0.717, 1.165) is 32.6 Å². The van der Waals surface area contributed by atoms with E-state index in [1.54, 1.807) is 17.0 Å². The van der Waals surface area contributed by atoms with Gasteiger partial charge in [-0.15, -0.1) is 0 Å². The number of alkyl halides is 3. The van der Waals surface area contributed by atoms with Crippen LogP contribution >= 0.6 is 0 Å². The number of benzene rings is 1. The van der Waals surface area contributed by atoms with Gasteiger partial charge < -0.3 is 19.7 Å². The van der Waals surface area contributed by atoms with Crippen LogP contribution in [0.5, 0.6) is 11.5 Å². The van der Waals surface area contributed by atoms with E-state index in [2.05, 4.69) is 10.2 Å². The molecular weight excluding hydrogens is 363 g/mol. The van der Waals surface area contributed by atoms with Crippen LogP contribution in [-0.4, -0.2) is 80.4 Å². The molecule has 1 atom stereocenters. The van der Waals surface area contributed by atoms with E-state index in [1.807, 2.05) is 0 Å². The summed E-state index contributed by atoms with van der Waals surface area (Å²) in [4.78, 5) is 16.6. The summed E-state index contributed by atoms with van der Waals surface area (Å²) in [5, 5.41) is 3.31. The van der Waals surface area contributed by atoms with Crippen LogP contribution in [0.1, 0.15) is 6.42 Å². The second-order valence-corrected chi connectivity index (χ2v) is 6.71. The van der Waals surface area contributed by atoms with Crippen molar-refractivity contribution < 1.29 is 27.4 Å². The molecule has 0 aromatic heterocycles. The third-order valence-electron chi connectivity index (χ3n) is 4.78. The molecule has 27 heavy (non-hydrogen) atoms. The van der Waals surface area contributed by atoms with Crippen LogP contribution in [0, 0.1) is 0 Å². The topological polar surface area (TPSA) is 54.0 Å². The minimum Gasteiger partial charge on any atom is -0.480 e. The molecule has 2 saturated heterocycles. The molecule has 0 radical (unpaired) electrons. The molecule has 0 aliphatic carbocycles. The SMILES string of the molecule is O=C(COc1ccccc1OCC(F)(F)F)N1CCC(N2CCNCC2)C1. The molecule has 0 saturated carbocycles. The molecule has 9 heteroatoms. The molecule has 2 heterocycles. The van der Waals surface area contributed by atoms with Crippen molar-refractivity contribution in [3.63, 3.8) is 0 Å². The highest BCUT2D eigenvalue weighted by molar-refractivity contribution is 5.78. The number of piperazine rings is 1. The van der Waals surface area contributed by atoms with Gasteiger partial charge in [0, 0.05) is 45.3 Å². The zero-order chi connectivity index (χ0) is 19.3. The minimum atomic E-state index is -4.43. The molecule has 6 nitrogen and oxygen atoms in total. The van der Waals surface area contributed by atoms with Crippen LogP contribution in [0.25, 0.3) is 0 Å². The number of likely N-dealkylation sites (tertiary alicyclic amines) is 1. The van der Waals surface area contributed by atoms with Gasteiger partial charge >= 0.3 is 6.18 Å². The van der Waals surface area contributed by atoms with E-state index in [9.17, 15) is 18.0 Å². The van der Waals surface area contributed by atoms with E-state index < -0.39 is 12.8 Å². The average Bonchev–Trinajstić information content (AvgIpc) is 3.15. The Morgan fingerprint density at radius 2 is 1.78 bits per heavy atom. The average molecular weight is 387 g/mol. The summed E-state index contributed by atoms with van der Waals surface area (Å²) in [6.45, 7) is 3.59. The fraction of sp³-hybridized carbons (Fsp3) is 0.611. The van der Waals surface area contributed by atoms with Crippen LogP contribution in [0.2, 0.25) is 0 Å². The van der Waals surface area contributed by atoms with Crippen LogP contribution in [-0.2, 0) is 4.79 Å². The largest absolute Gasteiger partial charge is 0.480 e. The monoisotopic (exact) mass is 387 g/mol. The van der Waals surface area contributed by atoms with Gasteiger partial charge in [0.15, 0.2) is 24.7 Å². The maximum absolute atomic E-state index is 12.4. The fourth-order valence-electron chi connectivity index (χ4n) is 3.39. The Kier molecular flexibility index (Phi) is 6.43. The molecule has 1 unspecified atom stereocenters. The normalized spacial score (nSPS) is 21.3. The summed E-state index contributed by atoms with van der Waals surface area (Å²) < 4.78 is 47.3. The number of nitrogens with zero attached hydrogens (tertiary/aromatic N) is 2. The van der Waals surface area contributed by atoms with E-state index >= 15 is 0 Å². The number of para-hydroxylation sites is 2. The van der Waals surface area contributed by atoms with Gasteiger partial charge in [0.1, 0.15) is 0 Å². The number of carbonyl (C=O) groups excluding carboxylic acids is 1. The lowest BCUT2D eigenvalue weighted by Crippen LogP contribution is -2.49. The quantitative estimate of drug-likeness (QED) is 0.802. The van der Waals surface area contributed by atoms with Crippen LogP contribution in [0.3, 0.4) is 0 Å².